The highest BCUT2D eigenvalue weighted by Gasteiger charge is 2.35. The van der Waals surface area contributed by atoms with E-state index in [1.165, 1.54) is 6.26 Å². The van der Waals surface area contributed by atoms with Gasteiger partial charge in [0.15, 0.2) is 11.6 Å². The number of hydrogen-bond donors (Lipinski definition) is 1. The Bertz CT molecular complexity index is 1320. The molecule has 0 spiro atoms. The van der Waals surface area contributed by atoms with Crippen LogP contribution in [0.15, 0.2) is 36.5 Å². The number of rotatable bonds is 5. The van der Waals surface area contributed by atoms with Gasteiger partial charge in [-0.2, -0.15) is 4.31 Å². The number of ether oxygens (including phenoxy) is 1. The van der Waals surface area contributed by atoms with Crippen LogP contribution in [0, 0.1) is 5.92 Å². The molecule has 3 aliphatic rings. The normalized spacial score (nSPS) is 23.9. The Labute approximate surface area is 205 Å². The standard InChI is InChI=1S/C24H31N7O3S/c1-35(32,33)30-8-6-28(7-9-30)12-17-11-22-24(29-13-18-10-21(15-29)34-16-18)26-23(27-31(22)14-17)19-2-4-20(25)5-3-19/h2-5,11,14,18,21H,6-10,12-13,15-16,25H2,1H3. The van der Waals surface area contributed by atoms with Crippen LogP contribution in [0.1, 0.15) is 12.0 Å². The molecule has 3 aliphatic heterocycles. The number of nitrogens with two attached hydrogens (primary N) is 1. The van der Waals surface area contributed by atoms with Crippen LogP contribution in [0.3, 0.4) is 0 Å². The molecule has 11 heteroatoms. The van der Waals surface area contributed by atoms with Crippen molar-refractivity contribution in [3.05, 3.63) is 42.1 Å². The van der Waals surface area contributed by atoms with Crippen molar-refractivity contribution in [2.45, 2.75) is 19.1 Å². The fourth-order valence-corrected chi connectivity index (χ4v) is 6.25. The molecule has 2 aromatic heterocycles. The van der Waals surface area contributed by atoms with Crippen molar-refractivity contribution in [1.29, 1.82) is 0 Å². The van der Waals surface area contributed by atoms with Gasteiger partial charge >= 0.3 is 0 Å². The Morgan fingerprint density at radius 3 is 2.60 bits per heavy atom. The van der Waals surface area contributed by atoms with Crippen LogP contribution >= 0.6 is 0 Å². The number of piperidine rings is 1. The number of nitrogens with zero attached hydrogens (tertiary/aromatic N) is 6. The maximum atomic E-state index is 11.8. The second-order valence-corrected chi connectivity index (χ2v) is 11.9. The lowest BCUT2D eigenvalue weighted by atomic mass is 10.0. The maximum absolute atomic E-state index is 11.8. The lowest BCUT2D eigenvalue weighted by Crippen LogP contribution is -2.47. The summed E-state index contributed by atoms with van der Waals surface area (Å²) in [5, 5.41) is 4.84. The van der Waals surface area contributed by atoms with Gasteiger partial charge in [-0.3, -0.25) is 4.90 Å². The lowest BCUT2D eigenvalue weighted by Gasteiger charge is -2.32. The Morgan fingerprint density at radius 2 is 1.89 bits per heavy atom. The topological polar surface area (TPSA) is 109 Å². The Kier molecular flexibility index (Phi) is 5.67. The quantitative estimate of drug-likeness (QED) is 0.525. The number of aromatic nitrogens is 3. The van der Waals surface area contributed by atoms with E-state index in [-0.39, 0.29) is 6.10 Å². The molecule has 0 radical (unpaired) electrons. The minimum atomic E-state index is -3.14. The minimum absolute atomic E-state index is 0.254. The molecule has 3 aromatic rings. The number of benzene rings is 1. The number of hydrogen-bond acceptors (Lipinski definition) is 8. The van der Waals surface area contributed by atoms with E-state index in [9.17, 15) is 8.42 Å². The van der Waals surface area contributed by atoms with Gasteiger partial charge in [-0.1, -0.05) is 0 Å². The minimum Gasteiger partial charge on any atom is -0.399 e. The summed E-state index contributed by atoms with van der Waals surface area (Å²) in [6.07, 6.45) is 4.72. The average molecular weight is 498 g/mol. The van der Waals surface area contributed by atoms with Crippen LogP contribution in [0.4, 0.5) is 11.5 Å². The van der Waals surface area contributed by atoms with E-state index >= 15 is 0 Å². The summed E-state index contributed by atoms with van der Waals surface area (Å²) in [6, 6.07) is 9.82. The molecule has 0 aliphatic carbocycles. The van der Waals surface area contributed by atoms with Crippen molar-refractivity contribution >= 4 is 27.0 Å². The van der Waals surface area contributed by atoms with E-state index in [0.717, 1.165) is 55.1 Å². The molecule has 2 bridgehead atoms. The second kappa shape index (κ2) is 8.74. The summed E-state index contributed by atoms with van der Waals surface area (Å²) in [7, 11) is -3.14. The van der Waals surface area contributed by atoms with Crippen LogP contribution in [0.2, 0.25) is 0 Å². The highest BCUT2D eigenvalue weighted by Crippen LogP contribution is 2.33. The molecule has 3 fully saturated rings. The van der Waals surface area contributed by atoms with Crippen molar-refractivity contribution in [3.63, 3.8) is 0 Å². The van der Waals surface area contributed by atoms with Crippen LogP contribution in [-0.2, 0) is 21.3 Å². The van der Waals surface area contributed by atoms with E-state index in [0.29, 0.717) is 43.6 Å². The number of nitrogen functional groups attached to an aromatic ring is 1. The second-order valence-electron chi connectivity index (χ2n) is 9.96. The number of anilines is 2. The molecular formula is C24H31N7O3S. The number of fused-ring (bicyclic) bond motifs is 3. The molecular weight excluding hydrogens is 466 g/mol. The molecule has 2 atom stereocenters. The number of piperazine rings is 1. The van der Waals surface area contributed by atoms with Gasteiger partial charge in [-0.15, -0.1) is 5.10 Å². The first-order chi connectivity index (χ1) is 16.8. The van der Waals surface area contributed by atoms with Crippen LogP contribution in [0.5, 0.6) is 0 Å². The van der Waals surface area contributed by atoms with Gasteiger partial charge in [0.05, 0.1) is 19.0 Å². The smallest absolute Gasteiger partial charge is 0.211 e. The molecule has 3 saturated heterocycles. The molecule has 0 amide bonds. The Morgan fingerprint density at radius 1 is 1.11 bits per heavy atom. The van der Waals surface area contributed by atoms with Gasteiger partial charge in [0, 0.05) is 69.2 Å². The predicted molar refractivity (Wildman–Crippen MR) is 135 cm³/mol. The van der Waals surface area contributed by atoms with Crippen LogP contribution in [0.25, 0.3) is 16.9 Å². The summed E-state index contributed by atoms with van der Waals surface area (Å²) < 4.78 is 33.1. The van der Waals surface area contributed by atoms with E-state index in [1.54, 1.807) is 4.31 Å². The third-order valence-electron chi connectivity index (χ3n) is 7.24. The monoisotopic (exact) mass is 497 g/mol. The van der Waals surface area contributed by atoms with Gasteiger partial charge in [-0.05, 0) is 42.3 Å². The van der Waals surface area contributed by atoms with Gasteiger partial charge in [0.25, 0.3) is 0 Å². The zero-order chi connectivity index (χ0) is 24.2. The molecule has 5 heterocycles. The van der Waals surface area contributed by atoms with Gasteiger partial charge in [-0.25, -0.2) is 17.9 Å². The van der Waals surface area contributed by atoms with Crippen molar-refractivity contribution in [1.82, 2.24) is 23.8 Å². The summed E-state index contributed by atoms with van der Waals surface area (Å²) in [6.45, 7) is 5.79. The SMILES string of the molecule is CS(=O)(=O)N1CCN(Cc2cc3c(N4CC5COC(C5)C4)nc(-c4ccc(N)cc4)nn3c2)CC1. The first-order valence-electron chi connectivity index (χ1n) is 12.1. The summed E-state index contributed by atoms with van der Waals surface area (Å²) >= 11 is 0. The fourth-order valence-electron chi connectivity index (χ4n) is 5.43. The summed E-state index contributed by atoms with van der Waals surface area (Å²) in [5.74, 6) is 2.12. The van der Waals surface area contributed by atoms with E-state index in [1.807, 2.05) is 28.8 Å². The maximum Gasteiger partial charge on any atom is 0.211 e. The largest absolute Gasteiger partial charge is 0.399 e. The fraction of sp³-hybridized carbons (Fsp3) is 0.500. The lowest BCUT2D eigenvalue weighted by molar-refractivity contribution is 0.119. The van der Waals surface area contributed by atoms with E-state index in [2.05, 4.69) is 22.1 Å². The summed E-state index contributed by atoms with van der Waals surface area (Å²) in [4.78, 5) is 9.67. The highest BCUT2D eigenvalue weighted by atomic mass is 32.2. The molecule has 0 saturated carbocycles. The highest BCUT2D eigenvalue weighted by molar-refractivity contribution is 7.88. The first-order valence-corrected chi connectivity index (χ1v) is 14.0. The summed E-state index contributed by atoms with van der Waals surface area (Å²) in [5.41, 5.74) is 9.64. The Hall–Kier alpha value is -2.73. The van der Waals surface area contributed by atoms with Crippen molar-refractivity contribution < 1.29 is 13.2 Å². The molecule has 186 valence electrons. The van der Waals surface area contributed by atoms with Crippen molar-refractivity contribution in [2.75, 3.05) is 62.8 Å². The molecule has 2 unspecified atom stereocenters. The molecule has 6 rings (SSSR count). The third-order valence-corrected chi connectivity index (χ3v) is 8.54. The van der Waals surface area contributed by atoms with Crippen molar-refractivity contribution in [3.8, 4) is 11.4 Å². The van der Waals surface area contributed by atoms with Crippen LogP contribution < -0.4 is 10.6 Å². The Balaban J connectivity index is 1.32. The third kappa shape index (κ3) is 4.61. The van der Waals surface area contributed by atoms with E-state index < -0.39 is 10.0 Å². The van der Waals surface area contributed by atoms with Gasteiger partial charge in [0.2, 0.25) is 10.0 Å². The zero-order valence-corrected chi connectivity index (χ0v) is 20.7. The average Bonchev–Trinajstić information content (AvgIpc) is 3.39. The van der Waals surface area contributed by atoms with Gasteiger partial charge < -0.3 is 15.4 Å². The number of sulfonamides is 1. The van der Waals surface area contributed by atoms with Crippen LogP contribution in [-0.4, -0.2) is 90.5 Å². The predicted octanol–water partition coefficient (Wildman–Crippen LogP) is 1.28. The molecule has 1 aromatic carbocycles. The van der Waals surface area contributed by atoms with E-state index in [4.69, 9.17) is 20.6 Å². The zero-order valence-electron chi connectivity index (χ0n) is 19.9. The van der Waals surface area contributed by atoms with Gasteiger partial charge in [0.1, 0.15) is 5.52 Å². The molecule has 2 N–H and O–H groups in total. The van der Waals surface area contributed by atoms with Crippen molar-refractivity contribution in [2.24, 2.45) is 5.92 Å². The molecule has 35 heavy (non-hydrogen) atoms. The molecule has 10 nitrogen and oxygen atoms in total. The first kappa shape index (κ1) is 22.7.